The van der Waals surface area contributed by atoms with Crippen molar-refractivity contribution < 1.29 is 9.59 Å². The molecule has 0 aromatic heterocycles. The van der Waals surface area contributed by atoms with Crippen molar-refractivity contribution in [1.82, 2.24) is 10.6 Å². The van der Waals surface area contributed by atoms with E-state index in [0.29, 0.717) is 18.5 Å². The summed E-state index contributed by atoms with van der Waals surface area (Å²) in [6.45, 7) is 0.475. The van der Waals surface area contributed by atoms with Crippen molar-refractivity contribution in [3.63, 3.8) is 0 Å². The molecule has 0 fully saturated rings. The van der Waals surface area contributed by atoms with Gasteiger partial charge in [0.05, 0.1) is 0 Å². The highest BCUT2D eigenvalue weighted by Crippen LogP contribution is 2.12. The van der Waals surface area contributed by atoms with Crippen molar-refractivity contribution in [2.24, 2.45) is 0 Å². The van der Waals surface area contributed by atoms with E-state index in [2.05, 4.69) is 26.6 Å². The third-order valence-electron chi connectivity index (χ3n) is 4.25. The molecule has 0 aliphatic carbocycles. The zero-order chi connectivity index (χ0) is 20.5. The van der Waals surface area contributed by atoms with E-state index >= 15 is 0 Å². The molecular formula is C24H21BrN2O2. The lowest BCUT2D eigenvalue weighted by molar-refractivity contribution is -0.117. The van der Waals surface area contributed by atoms with Gasteiger partial charge in [0.2, 0.25) is 0 Å². The zero-order valence-electron chi connectivity index (χ0n) is 15.8. The molecule has 0 aliphatic rings. The number of halogens is 1. The van der Waals surface area contributed by atoms with Gasteiger partial charge in [-0.15, -0.1) is 0 Å². The van der Waals surface area contributed by atoms with Crippen LogP contribution >= 0.6 is 15.9 Å². The molecule has 3 aromatic rings. The van der Waals surface area contributed by atoms with E-state index in [1.807, 2.05) is 60.7 Å². The van der Waals surface area contributed by atoms with E-state index in [1.165, 1.54) is 0 Å². The smallest absolute Gasteiger partial charge is 0.267 e. The summed E-state index contributed by atoms with van der Waals surface area (Å²) in [6, 6.07) is 26.3. The van der Waals surface area contributed by atoms with E-state index < -0.39 is 0 Å². The maximum Gasteiger partial charge on any atom is 0.267 e. The van der Waals surface area contributed by atoms with Crippen LogP contribution in [0, 0.1) is 0 Å². The standard InChI is InChI=1S/C24H21BrN2O2/c25-21-13-11-20(12-14-21)23(28)27-22(17-19-9-5-2-6-10-19)24(29)26-16-15-18-7-3-1-4-8-18/h1-14,17H,15-16H2,(H,26,29)(H,27,28)/b22-17+. The molecule has 0 aliphatic heterocycles. The maximum absolute atomic E-state index is 12.8. The molecule has 0 saturated heterocycles. The summed E-state index contributed by atoms with van der Waals surface area (Å²) >= 11 is 3.35. The van der Waals surface area contributed by atoms with E-state index in [-0.39, 0.29) is 17.5 Å². The third-order valence-corrected chi connectivity index (χ3v) is 4.78. The molecule has 2 N–H and O–H groups in total. The summed E-state index contributed by atoms with van der Waals surface area (Å²) in [5.41, 5.74) is 2.65. The van der Waals surface area contributed by atoms with Crippen molar-refractivity contribution >= 4 is 33.8 Å². The van der Waals surface area contributed by atoms with Gasteiger partial charge < -0.3 is 10.6 Å². The topological polar surface area (TPSA) is 58.2 Å². The summed E-state index contributed by atoms with van der Waals surface area (Å²) in [5, 5.41) is 5.63. The molecule has 0 heterocycles. The highest BCUT2D eigenvalue weighted by Gasteiger charge is 2.14. The molecule has 29 heavy (non-hydrogen) atoms. The molecule has 0 radical (unpaired) electrons. The summed E-state index contributed by atoms with van der Waals surface area (Å²) in [5.74, 6) is -0.659. The fourth-order valence-electron chi connectivity index (χ4n) is 2.73. The first-order valence-corrected chi connectivity index (χ1v) is 10.1. The van der Waals surface area contributed by atoms with Crippen molar-refractivity contribution in [2.45, 2.75) is 6.42 Å². The molecule has 0 atom stereocenters. The van der Waals surface area contributed by atoms with Gasteiger partial charge in [-0.3, -0.25) is 9.59 Å². The molecule has 3 rings (SSSR count). The predicted octanol–water partition coefficient (Wildman–Crippen LogP) is 4.58. The minimum absolute atomic E-state index is 0.206. The Morgan fingerprint density at radius 3 is 2.10 bits per heavy atom. The maximum atomic E-state index is 12.8. The Hall–Kier alpha value is -3.18. The Balaban J connectivity index is 1.72. The van der Waals surface area contributed by atoms with Crippen LogP contribution in [0.1, 0.15) is 21.5 Å². The van der Waals surface area contributed by atoms with Crippen LogP contribution in [0.15, 0.2) is 95.1 Å². The van der Waals surface area contributed by atoms with Crippen LogP contribution in [-0.2, 0) is 11.2 Å². The minimum atomic E-state index is -0.335. The number of amides is 2. The van der Waals surface area contributed by atoms with E-state index in [9.17, 15) is 9.59 Å². The molecule has 0 bridgehead atoms. The van der Waals surface area contributed by atoms with Gasteiger partial charge in [-0.2, -0.15) is 0 Å². The van der Waals surface area contributed by atoms with Crippen LogP contribution in [0.3, 0.4) is 0 Å². The lowest BCUT2D eigenvalue weighted by Crippen LogP contribution is -2.35. The number of carbonyl (C=O) groups excluding carboxylic acids is 2. The van der Waals surface area contributed by atoms with Gasteiger partial charge in [0.15, 0.2) is 0 Å². The van der Waals surface area contributed by atoms with Gasteiger partial charge in [-0.05, 0) is 47.9 Å². The van der Waals surface area contributed by atoms with Gasteiger partial charge in [-0.25, -0.2) is 0 Å². The molecule has 4 nitrogen and oxygen atoms in total. The van der Waals surface area contributed by atoms with Crippen LogP contribution in [-0.4, -0.2) is 18.4 Å². The molecule has 5 heteroatoms. The monoisotopic (exact) mass is 448 g/mol. The van der Waals surface area contributed by atoms with Gasteiger partial charge >= 0.3 is 0 Å². The summed E-state index contributed by atoms with van der Waals surface area (Å²) in [4.78, 5) is 25.4. The Bertz CT molecular complexity index is 984. The normalized spacial score (nSPS) is 11.0. The second kappa shape index (κ2) is 10.4. The van der Waals surface area contributed by atoms with Crippen LogP contribution in [0.5, 0.6) is 0 Å². The minimum Gasteiger partial charge on any atom is -0.350 e. The van der Waals surface area contributed by atoms with E-state index in [1.54, 1.807) is 30.3 Å². The first kappa shape index (κ1) is 20.6. The largest absolute Gasteiger partial charge is 0.350 e. The fraction of sp³-hybridized carbons (Fsp3) is 0.0833. The van der Waals surface area contributed by atoms with Crippen LogP contribution < -0.4 is 10.6 Å². The summed E-state index contributed by atoms with van der Waals surface area (Å²) in [7, 11) is 0. The first-order valence-electron chi connectivity index (χ1n) is 9.27. The molecule has 0 saturated carbocycles. The average molecular weight is 449 g/mol. The van der Waals surface area contributed by atoms with Crippen LogP contribution in [0.25, 0.3) is 6.08 Å². The lowest BCUT2D eigenvalue weighted by atomic mass is 10.1. The molecular weight excluding hydrogens is 428 g/mol. The van der Waals surface area contributed by atoms with E-state index in [4.69, 9.17) is 0 Å². The Labute approximate surface area is 178 Å². The SMILES string of the molecule is O=C(NCCc1ccccc1)/C(=C\c1ccccc1)NC(=O)c1ccc(Br)cc1. The number of benzene rings is 3. The third kappa shape index (κ3) is 6.43. The second-order valence-corrected chi connectivity index (χ2v) is 7.34. The predicted molar refractivity (Wildman–Crippen MR) is 119 cm³/mol. The highest BCUT2D eigenvalue weighted by atomic mass is 79.9. The second-order valence-electron chi connectivity index (χ2n) is 6.42. The fourth-order valence-corrected chi connectivity index (χ4v) is 2.99. The summed E-state index contributed by atoms with van der Waals surface area (Å²) in [6.07, 6.45) is 2.39. The number of hydrogen-bond acceptors (Lipinski definition) is 2. The average Bonchev–Trinajstić information content (AvgIpc) is 2.75. The molecule has 146 valence electrons. The molecule has 3 aromatic carbocycles. The van der Waals surface area contributed by atoms with Crippen LogP contribution in [0.2, 0.25) is 0 Å². The summed E-state index contributed by atoms with van der Waals surface area (Å²) < 4.78 is 0.882. The van der Waals surface area contributed by atoms with Crippen LogP contribution in [0.4, 0.5) is 0 Å². The van der Waals surface area contributed by atoms with Crippen molar-refractivity contribution in [2.75, 3.05) is 6.54 Å². The van der Waals surface area contributed by atoms with Gasteiger partial charge in [0.25, 0.3) is 11.8 Å². The quantitative estimate of drug-likeness (QED) is 0.519. The zero-order valence-corrected chi connectivity index (χ0v) is 17.4. The van der Waals surface area contributed by atoms with Crippen molar-refractivity contribution in [3.05, 3.63) is 112 Å². The lowest BCUT2D eigenvalue weighted by Gasteiger charge is -2.11. The highest BCUT2D eigenvalue weighted by molar-refractivity contribution is 9.10. The number of carbonyl (C=O) groups is 2. The molecule has 0 unspecified atom stereocenters. The Morgan fingerprint density at radius 1 is 0.828 bits per heavy atom. The van der Waals surface area contributed by atoms with Crippen molar-refractivity contribution in [1.29, 1.82) is 0 Å². The first-order chi connectivity index (χ1) is 14.1. The van der Waals surface area contributed by atoms with E-state index in [0.717, 1.165) is 15.6 Å². The number of rotatable bonds is 7. The number of hydrogen-bond donors (Lipinski definition) is 2. The Morgan fingerprint density at radius 2 is 1.45 bits per heavy atom. The van der Waals surface area contributed by atoms with Gasteiger partial charge in [0, 0.05) is 16.6 Å². The number of nitrogens with one attached hydrogen (secondary N) is 2. The molecule has 0 spiro atoms. The van der Waals surface area contributed by atoms with Crippen molar-refractivity contribution in [3.8, 4) is 0 Å². The van der Waals surface area contributed by atoms with Gasteiger partial charge in [0.1, 0.15) is 5.70 Å². The Kier molecular flexibility index (Phi) is 7.36. The molecule has 2 amide bonds. The van der Waals surface area contributed by atoms with Gasteiger partial charge in [-0.1, -0.05) is 76.6 Å².